The number of aliphatic carboxylic acids is 1. The topological polar surface area (TPSA) is 92.4 Å². The Morgan fingerprint density at radius 2 is 2.11 bits per heavy atom. The van der Waals surface area contributed by atoms with Crippen LogP contribution in [0.1, 0.15) is 35.2 Å². The van der Waals surface area contributed by atoms with Crippen LogP contribution < -0.4 is 11.1 Å². The molecule has 4 N–H and O–H groups in total. The van der Waals surface area contributed by atoms with Crippen molar-refractivity contribution in [3.05, 3.63) is 29.3 Å². The van der Waals surface area contributed by atoms with Crippen LogP contribution in [0.2, 0.25) is 0 Å². The summed E-state index contributed by atoms with van der Waals surface area (Å²) in [6.07, 6.45) is 2.28. The third-order valence-electron chi connectivity index (χ3n) is 3.82. The second-order valence-corrected chi connectivity index (χ2v) is 5.21. The van der Waals surface area contributed by atoms with Crippen LogP contribution in [0, 0.1) is 12.3 Å². The minimum atomic E-state index is -0.778. The van der Waals surface area contributed by atoms with Crippen LogP contribution in [0.4, 0.5) is 5.69 Å². The number of aryl methyl sites for hydroxylation is 1. The van der Waals surface area contributed by atoms with Crippen molar-refractivity contribution in [3.63, 3.8) is 0 Å². The summed E-state index contributed by atoms with van der Waals surface area (Å²) in [6, 6.07) is 5.28. The molecule has 2 rings (SSSR count). The summed E-state index contributed by atoms with van der Waals surface area (Å²) in [5.74, 6) is -1.29. The van der Waals surface area contributed by atoms with E-state index in [0.29, 0.717) is 30.6 Å². The zero-order valence-electron chi connectivity index (χ0n) is 10.9. The third kappa shape index (κ3) is 2.54. The smallest absolute Gasteiger partial charge is 0.311 e. The van der Waals surface area contributed by atoms with E-state index in [1.807, 2.05) is 19.1 Å². The van der Waals surface area contributed by atoms with Crippen molar-refractivity contribution in [2.75, 3.05) is 11.9 Å². The highest BCUT2D eigenvalue weighted by Gasteiger charge is 2.44. The Bertz CT molecular complexity index is 521. The Balaban J connectivity index is 2.17. The summed E-state index contributed by atoms with van der Waals surface area (Å²) < 4.78 is 0. The van der Waals surface area contributed by atoms with Gasteiger partial charge in [-0.1, -0.05) is 12.5 Å². The summed E-state index contributed by atoms with van der Waals surface area (Å²) in [6.45, 7) is 2.23. The molecule has 1 amide bonds. The standard InChI is InChI=1S/C14H18N2O3/c1-9-3-4-10(12(15)17)11(7-9)16-8-14(13(18)19)5-2-6-14/h3-4,7,16H,2,5-6,8H2,1H3,(H2,15,17)(H,18,19). The fourth-order valence-corrected chi connectivity index (χ4v) is 2.35. The van der Waals surface area contributed by atoms with Crippen LogP contribution >= 0.6 is 0 Å². The lowest BCUT2D eigenvalue weighted by molar-refractivity contribution is -0.153. The Labute approximate surface area is 111 Å². The Morgan fingerprint density at radius 3 is 2.58 bits per heavy atom. The molecule has 5 nitrogen and oxygen atoms in total. The number of carbonyl (C=O) groups is 2. The van der Waals surface area contributed by atoms with Crippen LogP contribution in [-0.4, -0.2) is 23.5 Å². The van der Waals surface area contributed by atoms with E-state index in [1.165, 1.54) is 0 Å². The molecular formula is C14H18N2O3. The molecule has 0 aliphatic heterocycles. The first kappa shape index (κ1) is 13.4. The van der Waals surface area contributed by atoms with E-state index < -0.39 is 17.3 Å². The predicted octanol–water partition coefficient (Wildman–Crippen LogP) is 1.76. The van der Waals surface area contributed by atoms with E-state index in [2.05, 4.69) is 5.32 Å². The molecule has 0 aromatic heterocycles. The predicted molar refractivity (Wildman–Crippen MR) is 72.1 cm³/mol. The van der Waals surface area contributed by atoms with Gasteiger partial charge in [0, 0.05) is 12.2 Å². The number of carboxylic acids is 1. The van der Waals surface area contributed by atoms with Crippen molar-refractivity contribution in [1.82, 2.24) is 0 Å². The molecule has 0 bridgehead atoms. The highest BCUT2D eigenvalue weighted by molar-refractivity contribution is 5.98. The lowest BCUT2D eigenvalue weighted by Gasteiger charge is -2.38. The van der Waals surface area contributed by atoms with E-state index in [1.54, 1.807) is 6.07 Å². The average Bonchev–Trinajstić information content (AvgIpc) is 2.26. The van der Waals surface area contributed by atoms with Crippen LogP contribution in [-0.2, 0) is 4.79 Å². The number of hydrogen-bond donors (Lipinski definition) is 3. The largest absolute Gasteiger partial charge is 0.481 e. The second-order valence-electron chi connectivity index (χ2n) is 5.21. The van der Waals surface area contributed by atoms with Crippen LogP contribution in [0.25, 0.3) is 0 Å². The van der Waals surface area contributed by atoms with Gasteiger partial charge in [-0.15, -0.1) is 0 Å². The molecule has 1 saturated carbocycles. The van der Waals surface area contributed by atoms with Crippen LogP contribution in [0.15, 0.2) is 18.2 Å². The summed E-state index contributed by atoms with van der Waals surface area (Å²) in [4.78, 5) is 22.6. The van der Waals surface area contributed by atoms with Crippen LogP contribution in [0.5, 0.6) is 0 Å². The van der Waals surface area contributed by atoms with Gasteiger partial charge in [-0.2, -0.15) is 0 Å². The monoisotopic (exact) mass is 262 g/mol. The summed E-state index contributed by atoms with van der Waals surface area (Å²) in [7, 11) is 0. The molecule has 102 valence electrons. The number of nitrogens with one attached hydrogen (secondary N) is 1. The molecule has 1 fully saturated rings. The van der Waals surface area contributed by atoms with Crippen molar-refractivity contribution in [1.29, 1.82) is 0 Å². The van der Waals surface area contributed by atoms with Crippen molar-refractivity contribution in [2.45, 2.75) is 26.2 Å². The van der Waals surface area contributed by atoms with E-state index in [0.717, 1.165) is 12.0 Å². The number of rotatable bonds is 5. The maximum absolute atomic E-state index is 11.3. The summed E-state index contributed by atoms with van der Waals surface area (Å²) >= 11 is 0. The van der Waals surface area contributed by atoms with Gasteiger partial charge in [-0.3, -0.25) is 9.59 Å². The molecule has 0 atom stereocenters. The normalized spacial score (nSPS) is 16.5. The Morgan fingerprint density at radius 1 is 1.42 bits per heavy atom. The number of amides is 1. The van der Waals surface area contributed by atoms with Crippen molar-refractivity contribution in [2.24, 2.45) is 11.1 Å². The lowest BCUT2D eigenvalue weighted by atomic mass is 9.68. The fourth-order valence-electron chi connectivity index (χ4n) is 2.35. The average molecular weight is 262 g/mol. The molecule has 0 radical (unpaired) electrons. The summed E-state index contributed by atoms with van der Waals surface area (Å²) in [5, 5.41) is 12.3. The van der Waals surface area contributed by atoms with E-state index in [9.17, 15) is 14.7 Å². The molecule has 0 saturated heterocycles. The van der Waals surface area contributed by atoms with Gasteiger partial charge < -0.3 is 16.2 Å². The number of hydrogen-bond acceptors (Lipinski definition) is 3. The molecule has 5 heteroatoms. The maximum atomic E-state index is 11.3. The number of anilines is 1. The van der Waals surface area contributed by atoms with Gasteiger partial charge in [0.1, 0.15) is 0 Å². The van der Waals surface area contributed by atoms with Gasteiger partial charge in [0.15, 0.2) is 0 Å². The van der Waals surface area contributed by atoms with E-state index in [4.69, 9.17) is 5.73 Å². The SMILES string of the molecule is Cc1ccc(C(N)=O)c(NCC2(C(=O)O)CCC2)c1. The van der Waals surface area contributed by atoms with Gasteiger partial charge in [-0.05, 0) is 37.5 Å². The van der Waals surface area contributed by atoms with Gasteiger partial charge in [-0.25, -0.2) is 0 Å². The molecule has 1 aromatic carbocycles. The lowest BCUT2D eigenvalue weighted by Crippen LogP contribution is -2.43. The first-order valence-corrected chi connectivity index (χ1v) is 6.32. The van der Waals surface area contributed by atoms with E-state index in [-0.39, 0.29) is 0 Å². The number of primary amides is 1. The number of carbonyl (C=O) groups excluding carboxylic acids is 1. The van der Waals surface area contributed by atoms with Gasteiger partial charge in [0.25, 0.3) is 5.91 Å². The van der Waals surface area contributed by atoms with E-state index >= 15 is 0 Å². The Kier molecular flexibility index (Phi) is 3.46. The zero-order valence-corrected chi connectivity index (χ0v) is 10.9. The number of carboxylic acid groups (broad SMARTS) is 1. The minimum Gasteiger partial charge on any atom is -0.481 e. The molecule has 0 spiro atoms. The molecule has 1 aromatic rings. The quantitative estimate of drug-likeness (QED) is 0.754. The number of benzene rings is 1. The van der Waals surface area contributed by atoms with Crippen molar-refractivity contribution in [3.8, 4) is 0 Å². The molecule has 1 aliphatic carbocycles. The third-order valence-corrected chi connectivity index (χ3v) is 3.82. The first-order valence-electron chi connectivity index (χ1n) is 6.32. The Hall–Kier alpha value is -2.04. The molecule has 0 unspecified atom stereocenters. The molecule has 19 heavy (non-hydrogen) atoms. The molecule has 1 aliphatic rings. The minimum absolute atomic E-state index is 0.325. The zero-order chi connectivity index (χ0) is 14.0. The van der Waals surface area contributed by atoms with Gasteiger partial charge in [0.2, 0.25) is 0 Å². The molecule has 0 heterocycles. The fraction of sp³-hybridized carbons (Fsp3) is 0.429. The molecular weight excluding hydrogens is 244 g/mol. The highest BCUT2D eigenvalue weighted by Crippen LogP contribution is 2.41. The second kappa shape index (κ2) is 4.91. The first-order chi connectivity index (χ1) is 8.94. The van der Waals surface area contributed by atoms with Gasteiger partial charge >= 0.3 is 5.97 Å². The number of nitrogens with two attached hydrogens (primary N) is 1. The van der Waals surface area contributed by atoms with Gasteiger partial charge in [0.05, 0.1) is 11.0 Å². The summed E-state index contributed by atoms with van der Waals surface area (Å²) in [5.41, 5.74) is 6.62. The van der Waals surface area contributed by atoms with Crippen molar-refractivity contribution < 1.29 is 14.7 Å². The highest BCUT2D eigenvalue weighted by atomic mass is 16.4. The van der Waals surface area contributed by atoms with Crippen molar-refractivity contribution >= 4 is 17.6 Å². The van der Waals surface area contributed by atoms with Crippen LogP contribution in [0.3, 0.4) is 0 Å². The maximum Gasteiger partial charge on any atom is 0.311 e.